The predicted molar refractivity (Wildman–Crippen MR) is 157 cm³/mol. The average molecular weight is 631 g/mol. The van der Waals surface area contributed by atoms with Gasteiger partial charge < -0.3 is 10.2 Å². The lowest BCUT2D eigenvalue weighted by atomic mass is 10.1. The smallest absolute Gasteiger partial charge is 0.264 e. The molecule has 0 saturated heterocycles. The van der Waals surface area contributed by atoms with Crippen LogP contribution in [0, 0.1) is 0 Å². The maximum Gasteiger partial charge on any atom is 0.264 e. The summed E-state index contributed by atoms with van der Waals surface area (Å²) in [6.45, 7) is 3.13. The molecule has 3 rings (SSSR count). The van der Waals surface area contributed by atoms with Gasteiger partial charge in [-0.05, 0) is 67.9 Å². The van der Waals surface area contributed by atoms with Gasteiger partial charge in [0, 0.05) is 38.7 Å². The minimum atomic E-state index is -4.25. The molecule has 0 saturated carbocycles. The normalized spacial score (nSPS) is 12.1. The number of carbonyl (C=O) groups excluding carboxylic acids is 2. The van der Waals surface area contributed by atoms with Crippen LogP contribution < -0.4 is 9.62 Å². The lowest BCUT2D eigenvalue weighted by molar-refractivity contribution is -0.139. The number of amides is 2. The largest absolute Gasteiger partial charge is 0.354 e. The molecular formula is C27H27Cl4N3O4S. The molecule has 208 valence electrons. The van der Waals surface area contributed by atoms with E-state index in [0.717, 1.165) is 4.31 Å². The number of carbonyl (C=O) groups is 2. The first kappa shape index (κ1) is 31.0. The van der Waals surface area contributed by atoms with Gasteiger partial charge in [-0.3, -0.25) is 13.9 Å². The molecule has 0 aliphatic heterocycles. The SMILES string of the molecule is CCCNC(=O)[C@@H](C)N(Cc1c(Cl)cccc1Cl)C(=O)CN(c1cccc(Cl)c1)S(=O)(=O)c1ccc(Cl)cc1. The summed E-state index contributed by atoms with van der Waals surface area (Å²) in [5.41, 5.74) is 0.601. The van der Waals surface area contributed by atoms with Crippen LogP contribution in [0.1, 0.15) is 25.8 Å². The molecule has 0 bridgehead atoms. The van der Waals surface area contributed by atoms with Crippen molar-refractivity contribution < 1.29 is 18.0 Å². The zero-order chi connectivity index (χ0) is 28.7. The Labute approximate surface area is 248 Å². The van der Waals surface area contributed by atoms with E-state index < -0.39 is 34.4 Å². The molecule has 39 heavy (non-hydrogen) atoms. The fourth-order valence-electron chi connectivity index (χ4n) is 3.73. The molecule has 0 fully saturated rings. The van der Waals surface area contributed by atoms with E-state index in [1.807, 2.05) is 6.92 Å². The van der Waals surface area contributed by atoms with Crippen LogP contribution in [0.15, 0.2) is 71.6 Å². The zero-order valence-corrected chi connectivity index (χ0v) is 25.0. The molecule has 0 spiro atoms. The summed E-state index contributed by atoms with van der Waals surface area (Å²) in [6.07, 6.45) is 0.699. The number of nitrogens with zero attached hydrogens (tertiary/aromatic N) is 2. The number of halogens is 4. The van der Waals surface area contributed by atoms with Crippen LogP contribution >= 0.6 is 46.4 Å². The van der Waals surface area contributed by atoms with Crippen molar-refractivity contribution in [2.24, 2.45) is 0 Å². The van der Waals surface area contributed by atoms with Crippen molar-refractivity contribution in [3.05, 3.63) is 92.4 Å². The van der Waals surface area contributed by atoms with Gasteiger partial charge in [-0.1, -0.05) is 65.5 Å². The Kier molecular flexibility index (Phi) is 10.9. The van der Waals surface area contributed by atoms with E-state index in [1.54, 1.807) is 37.3 Å². The van der Waals surface area contributed by atoms with Crippen molar-refractivity contribution in [1.82, 2.24) is 10.2 Å². The number of hydrogen-bond donors (Lipinski definition) is 1. The van der Waals surface area contributed by atoms with Crippen LogP contribution in [-0.2, 0) is 26.2 Å². The van der Waals surface area contributed by atoms with Gasteiger partial charge in [0.1, 0.15) is 12.6 Å². The third kappa shape index (κ3) is 7.80. The average Bonchev–Trinajstić information content (AvgIpc) is 2.89. The first-order valence-corrected chi connectivity index (χ1v) is 14.9. The lowest BCUT2D eigenvalue weighted by Gasteiger charge is -2.32. The van der Waals surface area contributed by atoms with Crippen molar-refractivity contribution in [1.29, 1.82) is 0 Å². The zero-order valence-electron chi connectivity index (χ0n) is 21.2. The summed E-state index contributed by atoms with van der Waals surface area (Å²) in [5, 5.41) is 4.03. The van der Waals surface area contributed by atoms with Gasteiger partial charge in [-0.25, -0.2) is 8.42 Å². The monoisotopic (exact) mass is 629 g/mol. The minimum absolute atomic E-state index is 0.0749. The van der Waals surface area contributed by atoms with Crippen LogP contribution in [0.4, 0.5) is 5.69 Å². The van der Waals surface area contributed by atoms with E-state index in [9.17, 15) is 18.0 Å². The quantitative estimate of drug-likeness (QED) is 0.264. The highest BCUT2D eigenvalue weighted by atomic mass is 35.5. The second-order valence-electron chi connectivity index (χ2n) is 8.63. The van der Waals surface area contributed by atoms with Crippen LogP contribution in [-0.4, -0.2) is 44.3 Å². The fraction of sp³-hybridized carbons (Fsp3) is 0.259. The Hall–Kier alpha value is -2.49. The molecule has 1 N–H and O–H groups in total. The highest BCUT2D eigenvalue weighted by Crippen LogP contribution is 2.29. The van der Waals surface area contributed by atoms with E-state index in [-0.39, 0.29) is 22.2 Å². The number of benzene rings is 3. The van der Waals surface area contributed by atoms with E-state index in [0.29, 0.717) is 33.6 Å². The second kappa shape index (κ2) is 13.7. The van der Waals surface area contributed by atoms with E-state index in [2.05, 4.69) is 5.32 Å². The van der Waals surface area contributed by atoms with Crippen molar-refractivity contribution in [2.45, 2.75) is 37.8 Å². The second-order valence-corrected chi connectivity index (χ2v) is 12.2. The van der Waals surface area contributed by atoms with E-state index in [1.165, 1.54) is 41.3 Å². The van der Waals surface area contributed by atoms with Crippen molar-refractivity contribution in [3.63, 3.8) is 0 Å². The molecule has 7 nitrogen and oxygen atoms in total. The van der Waals surface area contributed by atoms with Gasteiger partial charge >= 0.3 is 0 Å². The molecule has 3 aromatic rings. The van der Waals surface area contributed by atoms with Crippen molar-refractivity contribution in [3.8, 4) is 0 Å². The topological polar surface area (TPSA) is 86.8 Å². The maximum atomic E-state index is 13.9. The number of anilines is 1. The minimum Gasteiger partial charge on any atom is -0.354 e. The summed E-state index contributed by atoms with van der Waals surface area (Å²) in [4.78, 5) is 28.0. The fourth-order valence-corrected chi connectivity index (χ4v) is 5.96. The molecule has 0 aromatic heterocycles. The Bertz CT molecular complexity index is 1410. The highest BCUT2D eigenvalue weighted by molar-refractivity contribution is 7.92. The first-order valence-electron chi connectivity index (χ1n) is 12.0. The number of hydrogen-bond acceptors (Lipinski definition) is 4. The summed E-state index contributed by atoms with van der Waals surface area (Å²) in [5.74, 6) is -1.05. The summed E-state index contributed by atoms with van der Waals surface area (Å²) < 4.78 is 28.5. The van der Waals surface area contributed by atoms with Crippen LogP contribution in [0.2, 0.25) is 20.1 Å². The molecule has 0 aliphatic carbocycles. The van der Waals surface area contributed by atoms with Crippen LogP contribution in [0.5, 0.6) is 0 Å². The van der Waals surface area contributed by atoms with Gasteiger partial charge in [0.15, 0.2) is 0 Å². The Morgan fingerprint density at radius 3 is 2.10 bits per heavy atom. The van der Waals surface area contributed by atoms with Crippen molar-refractivity contribution in [2.75, 3.05) is 17.4 Å². The molecule has 0 aliphatic rings. The highest BCUT2D eigenvalue weighted by Gasteiger charge is 2.33. The molecule has 0 unspecified atom stereocenters. The Balaban J connectivity index is 2.06. The number of rotatable bonds is 11. The molecule has 12 heteroatoms. The predicted octanol–water partition coefficient (Wildman–Crippen LogP) is 6.44. The summed E-state index contributed by atoms with van der Waals surface area (Å²) in [6, 6.07) is 15.7. The molecule has 0 heterocycles. The summed E-state index contributed by atoms with van der Waals surface area (Å²) in [7, 11) is -4.25. The standard InChI is InChI=1S/C27H27Cl4N3O4S/c1-3-14-32-27(36)18(2)33(16-23-24(30)8-5-9-25(23)31)26(35)17-34(21-7-4-6-20(29)15-21)39(37,38)22-12-10-19(28)11-13-22/h4-13,15,18H,3,14,16-17H2,1-2H3,(H,32,36)/t18-/m1/s1. The lowest BCUT2D eigenvalue weighted by Crippen LogP contribution is -2.51. The third-order valence-corrected chi connectivity index (χ3v) is 8.87. The Morgan fingerprint density at radius 2 is 1.51 bits per heavy atom. The third-order valence-electron chi connectivity index (χ3n) is 5.88. The maximum absolute atomic E-state index is 13.9. The molecule has 0 radical (unpaired) electrons. The Morgan fingerprint density at radius 1 is 0.897 bits per heavy atom. The molecule has 1 atom stereocenters. The van der Waals surface area contributed by atoms with E-state index in [4.69, 9.17) is 46.4 Å². The van der Waals surface area contributed by atoms with Gasteiger partial charge in [0.2, 0.25) is 11.8 Å². The van der Waals surface area contributed by atoms with Gasteiger partial charge in [0.25, 0.3) is 10.0 Å². The van der Waals surface area contributed by atoms with Crippen molar-refractivity contribution >= 4 is 73.9 Å². The number of nitrogens with one attached hydrogen (secondary N) is 1. The van der Waals surface area contributed by atoms with E-state index >= 15 is 0 Å². The molecule has 3 aromatic carbocycles. The van der Waals surface area contributed by atoms with Crippen LogP contribution in [0.25, 0.3) is 0 Å². The molecular weight excluding hydrogens is 604 g/mol. The first-order chi connectivity index (χ1) is 18.4. The van der Waals surface area contributed by atoms with Gasteiger partial charge in [0.05, 0.1) is 10.6 Å². The molecule has 2 amide bonds. The number of sulfonamides is 1. The van der Waals surface area contributed by atoms with Gasteiger partial charge in [-0.2, -0.15) is 0 Å². The van der Waals surface area contributed by atoms with Crippen LogP contribution in [0.3, 0.4) is 0 Å². The van der Waals surface area contributed by atoms with Gasteiger partial charge in [-0.15, -0.1) is 0 Å². The summed E-state index contributed by atoms with van der Waals surface area (Å²) >= 11 is 24.9.